The van der Waals surface area contributed by atoms with E-state index in [0.29, 0.717) is 0 Å². The predicted molar refractivity (Wildman–Crippen MR) is 92.1 cm³/mol. The molecule has 0 aliphatic rings. The van der Waals surface area contributed by atoms with E-state index in [4.69, 9.17) is 4.98 Å². The maximum atomic E-state index is 4.72. The van der Waals surface area contributed by atoms with Gasteiger partial charge in [-0.2, -0.15) is 0 Å². The molecule has 3 rings (SSSR count). The van der Waals surface area contributed by atoms with E-state index < -0.39 is 0 Å². The molecule has 0 aliphatic heterocycles. The largest absolute Gasteiger partial charge is 0.307 e. The molecule has 0 atom stereocenters. The lowest BCUT2D eigenvalue weighted by Crippen LogP contribution is -2.34. The molecule has 0 saturated carbocycles. The van der Waals surface area contributed by atoms with Crippen molar-refractivity contribution in [3.8, 4) is 10.6 Å². The molecular weight excluding hydrogens is 298 g/mol. The normalized spacial score (nSPS) is 12.2. The van der Waals surface area contributed by atoms with E-state index in [1.807, 2.05) is 6.20 Å². The monoisotopic (exact) mass is 317 g/mol. The molecule has 0 saturated heterocycles. The summed E-state index contributed by atoms with van der Waals surface area (Å²) in [4.78, 5) is 10.5. The summed E-state index contributed by atoms with van der Waals surface area (Å²) < 4.78 is 1.22. The number of nitrogens with zero attached hydrogens (tertiary/aromatic N) is 2. The van der Waals surface area contributed by atoms with Gasteiger partial charge in [-0.15, -0.1) is 22.7 Å². The molecular formula is C16H19N3S2. The van der Waals surface area contributed by atoms with Crippen molar-refractivity contribution in [1.82, 2.24) is 15.3 Å². The van der Waals surface area contributed by atoms with Crippen molar-refractivity contribution >= 4 is 32.9 Å². The minimum atomic E-state index is 0.119. The number of nitrogens with one attached hydrogen (secondary N) is 1. The summed E-state index contributed by atoms with van der Waals surface area (Å²) in [5, 5.41) is 6.66. The van der Waals surface area contributed by atoms with Crippen LogP contribution in [0.25, 0.3) is 20.8 Å². The van der Waals surface area contributed by atoms with Gasteiger partial charge in [-0.25, -0.2) is 4.98 Å². The highest BCUT2D eigenvalue weighted by Gasteiger charge is 2.14. The molecule has 3 aromatic heterocycles. The van der Waals surface area contributed by atoms with Crippen molar-refractivity contribution < 1.29 is 0 Å². The second kappa shape index (κ2) is 5.48. The van der Waals surface area contributed by atoms with Crippen LogP contribution >= 0.6 is 22.7 Å². The van der Waals surface area contributed by atoms with Gasteiger partial charge < -0.3 is 5.32 Å². The predicted octanol–water partition coefficient (Wildman–Crippen LogP) is 4.62. The van der Waals surface area contributed by atoms with E-state index in [9.17, 15) is 0 Å². The molecule has 3 nitrogen and oxygen atoms in total. The minimum absolute atomic E-state index is 0.119. The van der Waals surface area contributed by atoms with Crippen LogP contribution in [-0.2, 0) is 6.54 Å². The van der Waals surface area contributed by atoms with Gasteiger partial charge >= 0.3 is 0 Å². The number of thiazole rings is 1. The van der Waals surface area contributed by atoms with Crippen LogP contribution in [0.3, 0.4) is 0 Å². The molecule has 3 aromatic rings. The fourth-order valence-corrected chi connectivity index (χ4v) is 3.79. The number of rotatable bonds is 3. The second-order valence-corrected chi connectivity index (χ2v) is 8.19. The van der Waals surface area contributed by atoms with Gasteiger partial charge in [0.05, 0.1) is 15.9 Å². The Morgan fingerprint density at radius 2 is 2.10 bits per heavy atom. The maximum absolute atomic E-state index is 4.72. The summed E-state index contributed by atoms with van der Waals surface area (Å²) in [5.41, 5.74) is 3.40. The Balaban J connectivity index is 1.88. The van der Waals surface area contributed by atoms with Crippen LogP contribution in [0.2, 0.25) is 0 Å². The zero-order valence-corrected chi connectivity index (χ0v) is 14.4. The zero-order valence-electron chi connectivity index (χ0n) is 12.7. The average molecular weight is 317 g/mol. The van der Waals surface area contributed by atoms with Gasteiger partial charge in [0.2, 0.25) is 0 Å². The fourth-order valence-electron chi connectivity index (χ4n) is 2.02. The van der Waals surface area contributed by atoms with Crippen LogP contribution in [0, 0.1) is 6.92 Å². The van der Waals surface area contributed by atoms with Crippen molar-refractivity contribution in [3.63, 3.8) is 0 Å². The molecule has 0 aromatic carbocycles. The fraction of sp³-hybridized carbons (Fsp3) is 0.375. The van der Waals surface area contributed by atoms with Gasteiger partial charge in [-0.1, -0.05) is 0 Å². The van der Waals surface area contributed by atoms with Gasteiger partial charge in [-0.05, 0) is 45.2 Å². The van der Waals surface area contributed by atoms with Crippen LogP contribution in [0.5, 0.6) is 0 Å². The van der Waals surface area contributed by atoms with E-state index >= 15 is 0 Å². The van der Waals surface area contributed by atoms with Crippen molar-refractivity contribution in [2.24, 2.45) is 0 Å². The van der Waals surface area contributed by atoms with Gasteiger partial charge in [0.25, 0.3) is 0 Å². The zero-order chi connectivity index (χ0) is 15.0. The van der Waals surface area contributed by atoms with Crippen LogP contribution in [0.15, 0.2) is 23.7 Å². The number of aromatic nitrogens is 2. The van der Waals surface area contributed by atoms with Crippen molar-refractivity contribution in [2.75, 3.05) is 0 Å². The molecule has 0 unspecified atom stereocenters. The topological polar surface area (TPSA) is 37.8 Å². The van der Waals surface area contributed by atoms with E-state index in [2.05, 4.69) is 55.5 Å². The SMILES string of the molecule is Cc1nc(-c2cnc3ccsc3c2)sc1CNC(C)(C)C. The summed E-state index contributed by atoms with van der Waals surface area (Å²) in [7, 11) is 0. The van der Waals surface area contributed by atoms with Crippen LogP contribution in [0.1, 0.15) is 31.3 Å². The highest BCUT2D eigenvalue weighted by Crippen LogP contribution is 2.30. The lowest BCUT2D eigenvalue weighted by Gasteiger charge is -2.19. The Morgan fingerprint density at radius 3 is 2.86 bits per heavy atom. The first kappa shape index (κ1) is 14.6. The first-order chi connectivity index (χ1) is 9.92. The Kier molecular flexibility index (Phi) is 3.82. The quantitative estimate of drug-likeness (QED) is 0.766. The van der Waals surface area contributed by atoms with Gasteiger partial charge in [0.15, 0.2) is 0 Å². The smallest absolute Gasteiger partial charge is 0.125 e. The molecule has 3 heterocycles. The molecule has 0 bridgehead atoms. The average Bonchev–Trinajstić information content (AvgIpc) is 3.01. The van der Waals surface area contributed by atoms with Crippen molar-refractivity contribution in [3.05, 3.63) is 34.3 Å². The standard InChI is InChI=1S/C16H19N3S2/c1-10-14(9-18-16(2,3)4)21-15(19-10)11-7-13-12(17-8-11)5-6-20-13/h5-8,18H,9H2,1-4H3. The summed E-state index contributed by atoms with van der Waals surface area (Å²) >= 11 is 3.48. The molecule has 21 heavy (non-hydrogen) atoms. The maximum Gasteiger partial charge on any atom is 0.125 e. The lowest BCUT2D eigenvalue weighted by molar-refractivity contribution is 0.425. The number of thiophene rings is 1. The van der Waals surface area contributed by atoms with E-state index in [0.717, 1.165) is 28.3 Å². The Bertz CT molecular complexity index is 765. The highest BCUT2D eigenvalue weighted by atomic mass is 32.1. The van der Waals surface area contributed by atoms with Crippen LogP contribution in [0.4, 0.5) is 0 Å². The summed E-state index contributed by atoms with van der Waals surface area (Å²) in [6.07, 6.45) is 1.92. The minimum Gasteiger partial charge on any atom is -0.307 e. The van der Waals surface area contributed by atoms with E-state index in [1.54, 1.807) is 22.7 Å². The molecule has 5 heteroatoms. The lowest BCUT2D eigenvalue weighted by atomic mass is 10.1. The van der Waals surface area contributed by atoms with E-state index in [1.165, 1.54) is 9.58 Å². The second-order valence-electron chi connectivity index (χ2n) is 6.16. The Hall–Kier alpha value is -1.30. The Labute approximate surface area is 133 Å². The van der Waals surface area contributed by atoms with Crippen LogP contribution < -0.4 is 5.32 Å². The molecule has 0 amide bonds. The molecule has 0 spiro atoms. The summed E-state index contributed by atoms with van der Waals surface area (Å²) in [6, 6.07) is 4.24. The Morgan fingerprint density at radius 1 is 1.29 bits per heavy atom. The van der Waals surface area contributed by atoms with Crippen molar-refractivity contribution in [1.29, 1.82) is 0 Å². The van der Waals surface area contributed by atoms with Crippen molar-refractivity contribution in [2.45, 2.75) is 39.8 Å². The third-order valence-corrected chi connectivity index (χ3v) is 5.28. The third-order valence-electron chi connectivity index (χ3n) is 3.22. The van der Waals surface area contributed by atoms with Crippen LogP contribution in [-0.4, -0.2) is 15.5 Å². The number of hydrogen-bond donors (Lipinski definition) is 1. The first-order valence-electron chi connectivity index (χ1n) is 6.97. The summed E-state index contributed by atoms with van der Waals surface area (Å²) in [6.45, 7) is 9.48. The summed E-state index contributed by atoms with van der Waals surface area (Å²) in [5.74, 6) is 0. The molecule has 0 aliphatic carbocycles. The molecule has 0 fully saturated rings. The number of pyridine rings is 1. The number of fused-ring (bicyclic) bond motifs is 1. The third kappa shape index (κ3) is 3.31. The number of aryl methyl sites for hydroxylation is 1. The van der Waals surface area contributed by atoms with E-state index in [-0.39, 0.29) is 5.54 Å². The first-order valence-corrected chi connectivity index (χ1v) is 8.67. The van der Waals surface area contributed by atoms with Gasteiger partial charge in [0, 0.05) is 28.7 Å². The number of hydrogen-bond acceptors (Lipinski definition) is 5. The van der Waals surface area contributed by atoms with Gasteiger partial charge in [-0.3, -0.25) is 4.98 Å². The molecule has 0 radical (unpaired) electrons. The highest BCUT2D eigenvalue weighted by molar-refractivity contribution is 7.17. The van der Waals surface area contributed by atoms with Gasteiger partial charge in [0.1, 0.15) is 5.01 Å². The molecule has 110 valence electrons. The molecule has 1 N–H and O–H groups in total.